The average Bonchev–Trinajstić information content (AvgIpc) is 2.98. The molecule has 0 spiro atoms. The second kappa shape index (κ2) is 14.4. The van der Waals surface area contributed by atoms with Crippen molar-refractivity contribution in [2.24, 2.45) is 0 Å². The number of fused-ring (bicyclic) bond motifs is 1. The Morgan fingerprint density at radius 1 is 1.05 bits per heavy atom. The molecule has 3 atom stereocenters. The summed E-state index contributed by atoms with van der Waals surface area (Å²) >= 11 is 6.37. The van der Waals surface area contributed by atoms with Gasteiger partial charge < -0.3 is 39.0 Å². The van der Waals surface area contributed by atoms with E-state index >= 15 is 0 Å². The molecule has 8 nitrogen and oxygen atoms in total. The summed E-state index contributed by atoms with van der Waals surface area (Å²) in [4.78, 5) is 2.35. The van der Waals surface area contributed by atoms with Gasteiger partial charge in [0.2, 0.25) is 0 Å². The third-order valence-electron chi connectivity index (χ3n) is 7.50. The summed E-state index contributed by atoms with van der Waals surface area (Å²) < 4.78 is 29.3. The van der Waals surface area contributed by atoms with Gasteiger partial charge in [-0.25, -0.2) is 0 Å². The van der Waals surface area contributed by atoms with Crippen LogP contribution in [0.15, 0.2) is 60.7 Å². The van der Waals surface area contributed by atoms with Crippen LogP contribution in [0.4, 0.5) is 5.69 Å². The van der Waals surface area contributed by atoms with E-state index in [2.05, 4.69) is 22.3 Å². The number of anilines is 1. The van der Waals surface area contributed by atoms with Crippen LogP contribution in [0.2, 0.25) is 5.02 Å². The van der Waals surface area contributed by atoms with Crippen molar-refractivity contribution in [3.63, 3.8) is 0 Å². The van der Waals surface area contributed by atoms with Gasteiger partial charge in [-0.1, -0.05) is 29.8 Å². The summed E-state index contributed by atoms with van der Waals surface area (Å²) in [6.07, 6.45) is 0.226. The predicted octanol–water partition coefficient (Wildman–Crippen LogP) is 5.79. The molecule has 5 rings (SSSR count). The van der Waals surface area contributed by atoms with Gasteiger partial charge in [0.25, 0.3) is 0 Å². The summed E-state index contributed by atoms with van der Waals surface area (Å²) in [6, 6.07) is 19.5. The van der Waals surface area contributed by atoms with Crippen LogP contribution in [0.3, 0.4) is 0 Å². The van der Waals surface area contributed by atoms with Crippen LogP contribution in [0.5, 0.6) is 23.0 Å². The number of halogens is 1. The smallest absolute Gasteiger partial charge is 0.142 e. The number of rotatable bonds is 12. The highest BCUT2D eigenvalue weighted by Gasteiger charge is 2.34. The maximum absolute atomic E-state index is 11.0. The molecule has 2 aliphatic heterocycles. The summed E-state index contributed by atoms with van der Waals surface area (Å²) in [5.74, 6) is 2.66. The zero-order chi connectivity index (χ0) is 29.5. The number of nitrogens with zero attached hydrogens (tertiary/aromatic N) is 1. The normalized spacial score (nSPS) is 20.2. The molecule has 1 unspecified atom stereocenters. The van der Waals surface area contributed by atoms with Crippen molar-refractivity contribution in [2.75, 3.05) is 51.4 Å². The molecule has 0 aliphatic carbocycles. The highest BCUT2D eigenvalue weighted by Crippen LogP contribution is 2.36. The Balaban J connectivity index is 1.24. The van der Waals surface area contributed by atoms with E-state index in [4.69, 9.17) is 35.3 Å². The average molecular weight is 597 g/mol. The molecule has 0 amide bonds. The summed E-state index contributed by atoms with van der Waals surface area (Å²) in [5, 5.41) is 14.8. The first-order chi connectivity index (χ1) is 20.4. The molecule has 226 valence electrons. The number of β-amino-alcohol motifs (C(OH)–C–C–N with tert-alkyl or cyclic N) is 1. The highest BCUT2D eigenvalue weighted by atomic mass is 35.5. The minimum absolute atomic E-state index is 0.0363. The molecule has 0 bridgehead atoms. The molecule has 1 fully saturated rings. The van der Waals surface area contributed by atoms with Crippen LogP contribution in [0.1, 0.15) is 37.3 Å². The third kappa shape index (κ3) is 7.68. The monoisotopic (exact) mass is 596 g/mol. The Hall–Kier alpha value is -3.01. The fourth-order valence-electron chi connectivity index (χ4n) is 5.51. The van der Waals surface area contributed by atoms with E-state index in [1.165, 1.54) is 0 Å². The van der Waals surface area contributed by atoms with Gasteiger partial charge in [-0.05, 0) is 67.8 Å². The molecule has 0 radical (unpaired) electrons. The molecule has 9 heteroatoms. The Labute approximate surface area is 253 Å². The Morgan fingerprint density at radius 3 is 2.62 bits per heavy atom. The zero-order valence-electron chi connectivity index (χ0n) is 24.6. The van der Waals surface area contributed by atoms with Gasteiger partial charge in [-0.3, -0.25) is 0 Å². The number of hydrogen-bond acceptors (Lipinski definition) is 8. The third-order valence-corrected chi connectivity index (χ3v) is 7.80. The lowest BCUT2D eigenvalue weighted by Gasteiger charge is -2.36. The lowest BCUT2D eigenvalue weighted by Crippen LogP contribution is -2.49. The Bertz CT molecular complexity index is 1300. The van der Waals surface area contributed by atoms with Crippen molar-refractivity contribution < 1.29 is 28.8 Å². The zero-order valence-corrected chi connectivity index (χ0v) is 25.3. The van der Waals surface area contributed by atoms with Crippen molar-refractivity contribution in [3.05, 3.63) is 76.8 Å². The lowest BCUT2D eigenvalue weighted by molar-refractivity contribution is -0.0328. The number of aliphatic hydroxyl groups is 1. The first-order valence-corrected chi connectivity index (χ1v) is 15.0. The maximum atomic E-state index is 11.0. The van der Waals surface area contributed by atoms with Crippen molar-refractivity contribution in [3.8, 4) is 23.0 Å². The molecule has 0 saturated carbocycles. The quantitative estimate of drug-likeness (QED) is 0.254. The molecule has 3 aromatic carbocycles. The highest BCUT2D eigenvalue weighted by molar-refractivity contribution is 6.32. The van der Waals surface area contributed by atoms with Crippen LogP contribution in [0.25, 0.3) is 0 Å². The number of piperidine rings is 1. The van der Waals surface area contributed by atoms with Crippen molar-refractivity contribution in [1.29, 1.82) is 0 Å². The standard InChI is InChI=1S/C33H41ClN2O6/c1-22(2)41-30-12-10-26(18-27(30)34)42-25-8-6-24(7-9-25)33-29(37)19-35-20-32(33)40-21-23-5-11-31-28(17-23)36(14-16-39-31)13-4-15-38-3/h5-12,17-18,22,29,32-33,35,37H,4,13-16,19-21H2,1-3H3/t29-,32+,33?/m1/s1. The number of benzene rings is 3. The topological polar surface area (TPSA) is 81.7 Å². The molecule has 1 saturated heterocycles. The minimum atomic E-state index is -0.573. The lowest BCUT2D eigenvalue weighted by atomic mass is 9.85. The van der Waals surface area contributed by atoms with Crippen LogP contribution >= 0.6 is 11.6 Å². The Kier molecular flexibility index (Phi) is 10.5. The summed E-state index contributed by atoms with van der Waals surface area (Å²) in [5.41, 5.74) is 3.17. The van der Waals surface area contributed by atoms with Crippen LogP contribution in [-0.4, -0.2) is 69.9 Å². The molecular formula is C33H41ClN2O6. The summed E-state index contributed by atoms with van der Waals surface area (Å²) in [6.45, 7) is 8.70. The van der Waals surface area contributed by atoms with E-state index in [0.29, 0.717) is 48.6 Å². The fourth-order valence-corrected chi connectivity index (χ4v) is 5.72. The first-order valence-electron chi connectivity index (χ1n) is 14.7. The second-order valence-corrected chi connectivity index (χ2v) is 11.4. The van der Waals surface area contributed by atoms with Crippen molar-refractivity contribution >= 4 is 17.3 Å². The predicted molar refractivity (Wildman–Crippen MR) is 165 cm³/mol. The molecular weight excluding hydrogens is 556 g/mol. The van der Waals surface area contributed by atoms with E-state index in [0.717, 1.165) is 48.7 Å². The van der Waals surface area contributed by atoms with Crippen LogP contribution in [0, 0.1) is 0 Å². The molecule has 42 heavy (non-hydrogen) atoms. The van der Waals surface area contributed by atoms with E-state index in [9.17, 15) is 5.11 Å². The molecule has 0 aromatic heterocycles. The van der Waals surface area contributed by atoms with Gasteiger partial charge in [-0.2, -0.15) is 0 Å². The first kappa shape index (κ1) is 30.4. The van der Waals surface area contributed by atoms with E-state index < -0.39 is 6.10 Å². The van der Waals surface area contributed by atoms with Gasteiger partial charge in [0.1, 0.15) is 29.6 Å². The largest absolute Gasteiger partial charge is 0.490 e. The van der Waals surface area contributed by atoms with E-state index in [1.807, 2.05) is 56.3 Å². The number of ether oxygens (including phenoxy) is 5. The minimum Gasteiger partial charge on any atom is -0.490 e. The van der Waals surface area contributed by atoms with Crippen molar-refractivity contribution in [2.45, 2.75) is 51.1 Å². The molecule has 2 N–H and O–H groups in total. The van der Waals surface area contributed by atoms with Gasteiger partial charge in [0, 0.05) is 45.3 Å². The van der Waals surface area contributed by atoms with Crippen molar-refractivity contribution in [1.82, 2.24) is 5.32 Å². The molecule has 2 aliphatic rings. The fraction of sp³-hybridized carbons (Fsp3) is 0.455. The van der Waals surface area contributed by atoms with Gasteiger partial charge in [-0.15, -0.1) is 0 Å². The van der Waals surface area contributed by atoms with Crippen LogP contribution in [-0.2, 0) is 16.1 Å². The number of nitrogens with one attached hydrogen (secondary N) is 1. The molecule has 2 heterocycles. The van der Waals surface area contributed by atoms with E-state index in [-0.39, 0.29) is 18.1 Å². The maximum Gasteiger partial charge on any atom is 0.142 e. The van der Waals surface area contributed by atoms with E-state index in [1.54, 1.807) is 13.2 Å². The van der Waals surface area contributed by atoms with Gasteiger partial charge >= 0.3 is 0 Å². The number of aliphatic hydroxyl groups excluding tert-OH is 1. The number of methoxy groups -OCH3 is 1. The SMILES string of the molecule is COCCCN1CCOc2ccc(CO[C@H]3CNC[C@@H](O)C3c3ccc(Oc4ccc(OC(C)C)c(Cl)c4)cc3)cc21. The number of hydrogen-bond donors (Lipinski definition) is 2. The van der Waals surface area contributed by atoms with Gasteiger partial charge in [0.15, 0.2) is 0 Å². The van der Waals surface area contributed by atoms with Gasteiger partial charge in [0.05, 0.1) is 42.2 Å². The summed E-state index contributed by atoms with van der Waals surface area (Å²) in [7, 11) is 1.73. The van der Waals surface area contributed by atoms with Crippen LogP contribution < -0.4 is 24.4 Å². The Morgan fingerprint density at radius 2 is 1.86 bits per heavy atom. The second-order valence-electron chi connectivity index (χ2n) is 11.0. The molecule has 3 aromatic rings.